The fourth-order valence-corrected chi connectivity index (χ4v) is 3.74. The number of aryl methyl sites for hydroxylation is 1. The summed E-state index contributed by atoms with van der Waals surface area (Å²) in [5, 5.41) is 3.52. The fourth-order valence-electron chi connectivity index (χ4n) is 3.45. The number of carbonyl (C=O) groups excluding carboxylic acids is 2. The van der Waals surface area contributed by atoms with Crippen LogP contribution < -0.4 is 15.0 Å². The van der Waals surface area contributed by atoms with Crippen molar-refractivity contribution in [3.8, 4) is 5.75 Å². The van der Waals surface area contributed by atoms with Crippen molar-refractivity contribution in [2.75, 3.05) is 10.2 Å². The van der Waals surface area contributed by atoms with Crippen LogP contribution in [0.4, 0.5) is 11.4 Å². The first kappa shape index (κ1) is 21.2. The number of fused-ring (bicyclic) bond motifs is 1. The maximum Gasteiger partial charge on any atom is 0.268 e. The fraction of sp³-hybridized carbons (Fsp3) is 0.167. The predicted octanol–water partition coefficient (Wildman–Crippen LogP) is 5.87. The van der Waals surface area contributed by atoms with Gasteiger partial charge in [0.15, 0.2) is 6.10 Å². The zero-order valence-electron chi connectivity index (χ0n) is 17.0. The predicted molar refractivity (Wildman–Crippen MR) is 123 cm³/mol. The molecule has 0 bridgehead atoms. The van der Waals surface area contributed by atoms with Crippen LogP contribution in [0.2, 0.25) is 10.0 Å². The Hall–Kier alpha value is -3.02. The molecule has 1 atom stereocenters. The lowest BCUT2D eigenvalue weighted by molar-refractivity contribution is -0.125. The minimum Gasteiger partial charge on any atom is -0.479 e. The van der Waals surface area contributed by atoms with Crippen molar-refractivity contribution in [3.63, 3.8) is 0 Å². The Labute approximate surface area is 190 Å². The van der Waals surface area contributed by atoms with Crippen molar-refractivity contribution in [1.82, 2.24) is 0 Å². The third-order valence-corrected chi connectivity index (χ3v) is 5.94. The molecule has 1 N–H and O–H groups in total. The van der Waals surface area contributed by atoms with Gasteiger partial charge < -0.3 is 15.0 Å². The highest BCUT2D eigenvalue weighted by atomic mass is 35.5. The minimum atomic E-state index is -0.590. The molecule has 0 saturated heterocycles. The third kappa shape index (κ3) is 4.38. The second-order valence-corrected chi connectivity index (χ2v) is 8.19. The summed E-state index contributed by atoms with van der Waals surface area (Å²) in [6, 6.07) is 17.8. The molecule has 3 aromatic rings. The number of amides is 2. The lowest BCUT2D eigenvalue weighted by Crippen LogP contribution is -2.44. The molecular weight excluding hydrogens is 435 g/mol. The van der Waals surface area contributed by atoms with Crippen molar-refractivity contribution >= 4 is 46.4 Å². The topological polar surface area (TPSA) is 58.6 Å². The Kier molecular flexibility index (Phi) is 5.90. The van der Waals surface area contributed by atoms with Gasteiger partial charge in [0.1, 0.15) is 5.75 Å². The molecule has 5 nitrogen and oxygen atoms in total. The SMILES string of the molecule is Cc1ccccc1CN1C(=O)C(C)Oc2ccc(NC(=O)c3ccc(Cl)c(Cl)c3)cc21. The van der Waals surface area contributed by atoms with Crippen LogP contribution in [-0.2, 0) is 11.3 Å². The van der Waals surface area contributed by atoms with E-state index >= 15 is 0 Å². The van der Waals surface area contributed by atoms with Crippen molar-refractivity contribution < 1.29 is 14.3 Å². The van der Waals surface area contributed by atoms with Gasteiger partial charge in [0.05, 0.1) is 22.3 Å². The van der Waals surface area contributed by atoms with Crippen molar-refractivity contribution in [3.05, 3.63) is 87.4 Å². The zero-order valence-corrected chi connectivity index (χ0v) is 18.5. The molecule has 1 unspecified atom stereocenters. The monoisotopic (exact) mass is 454 g/mol. The number of ether oxygens (including phenoxy) is 1. The highest BCUT2D eigenvalue weighted by Crippen LogP contribution is 2.37. The number of halogens is 2. The summed E-state index contributed by atoms with van der Waals surface area (Å²) in [5.41, 5.74) is 3.67. The Balaban J connectivity index is 1.64. The first-order chi connectivity index (χ1) is 14.8. The molecule has 0 radical (unpaired) electrons. The molecule has 0 aliphatic carbocycles. The van der Waals surface area contributed by atoms with Gasteiger partial charge >= 0.3 is 0 Å². The number of anilines is 2. The summed E-state index contributed by atoms with van der Waals surface area (Å²) in [6.45, 7) is 4.16. The first-order valence-corrected chi connectivity index (χ1v) is 10.5. The quantitative estimate of drug-likeness (QED) is 0.536. The second-order valence-electron chi connectivity index (χ2n) is 7.38. The van der Waals surface area contributed by atoms with Gasteiger partial charge in [-0.15, -0.1) is 0 Å². The van der Waals surface area contributed by atoms with Crippen LogP contribution >= 0.6 is 23.2 Å². The van der Waals surface area contributed by atoms with E-state index in [1.165, 1.54) is 6.07 Å². The number of rotatable bonds is 4. The first-order valence-electron chi connectivity index (χ1n) is 9.76. The minimum absolute atomic E-state index is 0.135. The summed E-state index contributed by atoms with van der Waals surface area (Å²) >= 11 is 12.0. The Bertz CT molecular complexity index is 1180. The number of carbonyl (C=O) groups is 2. The highest BCUT2D eigenvalue weighted by molar-refractivity contribution is 6.42. The van der Waals surface area contributed by atoms with Gasteiger partial charge in [-0.25, -0.2) is 0 Å². The van der Waals surface area contributed by atoms with Crippen LogP contribution in [-0.4, -0.2) is 17.9 Å². The van der Waals surface area contributed by atoms with Gasteiger partial charge in [-0.2, -0.15) is 0 Å². The van der Waals surface area contributed by atoms with Crippen LogP contribution in [0.3, 0.4) is 0 Å². The molecule has 7 heteroatoms. The standard InChI is InChI=1S/C24H20Cl2N2O3/c1-14-5-3-4-6-17(14)13-28-21-12-18(8-10-22(21)31-15(2)24(28)30)27-23(29)16-7-9-19(25)20(26)11-16/h3-12,15H,13H2,1-2H3,(H,27,29). The van der Waals surface area contributed by atoms with Crippen LogP contribution in [0.5, 0.6) is 5.75 Å². The Morgan fingerprint density at radius 3 is 2.58 bits per heavy atom. The van der Waals surface area contributed by atoms with Gasteiger partial charge in [-0.3, -0.25) is 9.59 Å². The van der Waals surface area contributed by atoms with Gasteiger partial charge in [-0.05, 0) is 61.4 Å². The number of hydrogen-bond donors (Lipinski definition) is 1. The number of benzene rings is 3. The zero-order chi connectivity index (χ0) is 22.1. The summed E-state index contributed by atoms with van der Waals surface area (Å²) in [5.74, 6) is 0.123. The van der Waals surface area contributed by atoms with Crippen LogP contribution in [0.25, 0.3) is 0 Å². The van der Waals surface area contributed by atoms with Gasteiger partial charge in [0.2, 0.25) is 0 Å². The van der Waals surface area contributed by atoms with Crippen molar-refractivity contribution in [2.24, 2.45) is 0 Å². The van der Waals surface area contributed by atoms with Crippen LogP contribution in [0.1, 0.15) is 28.4 Å². The number of nitrogens with one attached hydrogen (secondary N) is 1. The van der Waals surface area contributed by atoms with Crippen molar-refractivity contribution in [1.29, 1.82) is 0 Å². The molecule has 1 aliphatic heterocycles. The number of hydrogen-bond acceptors (Lipinski definition) is 3. The lowest BCUT2D eigenvalue weighted by atomic mass is 10.1. The largest absolute Gasteiger partial charge is 0.479 e. The van der Waals surface area contributed by atoms with Crippen molar-refractivity contribution in [2.45, 2.75) is 26.5 Å². The van der Waals surface area contributed by atoms with Crippen LogP contribution in [0, 0.1) is 6.92 Å². The molecule has 0 saturated carbocycles. The van der Waals surface area contributed by atoms with E-state index < -0.39 is 6.10 Å². The average molecular weight is 455 g/mol. The van der Waals surface area contributed by atoms with E-state index in [0.29, 0.717) is 39.3 Å². The molecule has 0 spiro atoms. The second kappa shape index (κ2) is 8.61. The Morgan fingerprint density at radius 2 is 1.84 bits per heavy atom. The maximum atomic E-state index is 12.9. The van der Waals surface area contributed by atoms with E-state index in [1.807, 2.05) is 31.2 Å². The molecule has 3 aromatic carbocycles. The molecular formula is C24H20Cl2N2O3. The van der Waals surface area contributed by atoms with Gasteiger partial charge in [0.25, 0.3) is 11.8 Å². The normalized spacial score (nSPS) is 15.3. The summed E-state index contributed by atoms with van der Waals surface area (Å²) in [4.78, 5) is 27.3. The maximum absolute atomic E-state index is 12.9. The molecule has 31 heavy (non-hydrogen) atoms. The molecule has 1 aliphatic rings. The molecule has 4 rings (SSSR count). The van der Waals surface area contributed by atoms with Crippen LogP contribution in [0.15, 0.2) is 60.7 Å². The van der Waals surface area contributed by atoms with E-state index in [9.17, 15) is 9.59 Å². The average Bonchev–Trinajstić information content (AvgIpc) is 2.75. The van der Waals surface area contributed by atoms with E-state index in [2.05, 4.69) is 5.32 Å². The number of nitrogens with zero attached hydrogens (tertiary/aromatic N) is 1. The van der Waals surface area contributed by atoms with E-state index in [4.69, 9.17) is 27.9 Å². The third-order valence-electron chi connectivity index (χ3n) is 5.20. The molecule has 1 heterocycles. The smallest absolute Gasteiger partial charge is 0.268 e. The molecule has 0 aromatic heterocycles. The lowest BCUT2D eigenvalue weighted by Gasteiger charge is -2.33. The van der Waals surface area contributed by atoms with Gasteiger partial charge in [-0.1, -0.05) is 47.5 Å². The summed E-state index contributed by atoms with van der Waals surface area (Å²) in [6.07, 6.45) is -0.590. The highest BCUT2D eigenvalue weighted by Gasteiger charge is 2.32. The molecule has 0 fully saturated rings. The summed E-state index contributed by atoms with van der Waals surface area (Å²) in [7, 11) is 0. The summed E-state index contributed by atoms with van der Waals surface area (Å²) < 4.78 is 5.78. The van der Waals surface area contributed by atoms with E-state index in [0.717, 1.165) is 11.1 Å². The Morgan fingerprint density at radius 1 is 1.06 bits per heavy atom. The van der Waals surface area contributed by atoms with E-state index in [1.54, 1.807) is 42.2 Å². The molecule has 158 valence electrons. The molecule has 2 amide bonds. The van der Waals surface area contributed by atoms with E-state index in [-0.39, 0.29) is 11.8 Å². The van der Waals surface area contributed by atoms with Gasteiger partial charge in [0, 0.05) is 11.3 Å².